The molecule has 0 saturated carbocycles. The summed E-state index contributed by atoms with van der Waals surface area (Å²) in [5.74, 6) is -0.724. The van der Waals surface area contributed by atoms with Crippen LogP contribution in [0.25, 0.3) is 0 Å². The van der Waals surface area contributed by atoms with E-state index in [0.29, 0.717) is 12.1 Å². The van der Waals surface area contributed by atoms with E-state index in [-0.39, 0.29) is 5.92 Å². The fourth-order valence-corrected chi connectivity index (χ4v) is 3.73. The van der Waals surface area contributed by atoms with Crippen LogP contribution in [0.4, 0.5) is 0 Å². The fraction of sp³-hybridized carbons (Fsp3) is 0.562. The monoisotopic (exact) mass is 259 g/mol. The molecule has 3 rings (SSSR count). The second-order valence-electron chi connectivity index (χ2n) is 5.90. The molecule has 1 N–H and O–H groups in total. The lowest BCUT2D eigenvalue weighted by Gasteiger charge is -2.48. The highest BCUT2D eigenvalue weighted by Gasteiger charge is 2.40. The van der Waals surface area contributed by atoms with E-state index >= 15 is 0 Å². The number of aliphatic carboxylic acids is 1. The van der Waals surface area contributed by atoms with Crippen molar-refractivity contribution in [2.45, 2.75) is 50.7 Å². The van der Waals surface area contributed by atoms with Crippen molar-refractivity contribution < 1.29 is 9.90 Å². The van der Waals surface area contributed by atoms with Crippen molar-refractivity contribution in [2.75, 3.05) is 0 Å². The van der Waals surface area contributed by atoms with Gasteiger partial charge in [0.2, 0.25) is 0 Å². The molecule has 2 heterocycles. The number of hydrogen-bond donors (Lipinski definition) is 1. The molecule has 2 aliphatic heterocycles. The highest BCUT2D eigenvalue weighted by molar-refractivity contribution is 5.70. The molecule has 0 aromatic heterocycles. The standard InChI is InChI=1S/C16H21NO2/c18-16(19)13-9-14-7-4-8-15(10-13)17(14)11-12-5-2-1-3-6-12/h1-3,5-6,13-15H,4,7-11H2,(H,18,19)/t14-,15-/m1/s1. The predicted octanol–water partition coefficient (Wildman–Crippen LogP) is 2.90. The van der Waals surface area contributed by atoms with E-state index in [9.17, 15) is 9.90 Å². The van der Waals surface area contributed by atoms with Gasteiger partial charge in [-0.2, -0.15) is 0 Å². The van der Waals surface area contributed by atoms with Gasteiger partial charge in [-0.3, -0.25) is 9.69 Å². The smallest absolute Gasteiger partial charge is 0.306 e. The molecule has 2 atom stereocenters. The minimum Gasteiger partial charge on any atom is -0.481 e. The van der Waals surface area contributed by atoms with E-state index in [4.69, 9.17) is 0 Å². The first-order valence-electron chi connectivity index (χ1n) is 7.26. The Bertz CT molecular complexity index is 431. The number of benzene rings is 1. The zero-order chi connectivity index (χ0) is 13.2. The van der Waals surface area contributed by atoms with Gasteiger partial charge in [-0.1, -0.05) is 36.8 Å². The van der Waals surface area contributed by atoms with Crippen LogP contribution in [0.5, 0.6) is 0 Å². The van der Waals surface area contributed by atoms with Gasteiger partial charge in [0.25, 0.3) is 0 Å². The average molecular weight is 259 g/mol. The highest BCUT2D eigenvalue weighted by atomic mass is 16.4. The molecule has 0 unspecified atom stereocenters. The summed E-state index contributed by atoms with van der Waals surface area (Å²) in [7, 11) is 0. The van der Waals surface area contributed by atoms with Gasteiger partial charge >= 0.3 is 5.97 Å². The van der Waals surface area contributed by atoms with E-state index in [2.05, 4.69) is 29.2 Å². The third kappa shape index (κ3) is 2.66. The van der Waals surface area contributed by atoms with Crippen LogP contribution in [0.2, 0.25) is 0 Å². The molecule has 3 heteroatoms. The van der Waals surface area contributed by atoms with Crippen LogP contribution in [0, 0.1) is 5.92 Å². The molecule has 0 amide bonds. The first kappa shape index (κ1) is 12.7. The third-order valence-electron chi connectivity index (χ3n) is 4.68. The lowest BCUT2D eigenvalue weighted by Crippen LogP contribution is -2.52. The predicted molar refractivity (Wildman–Crippen MR) is 73.8 cm³/mol. The second kappa shape index (κ2) is 5.33. The second-order valence-corrected chi connectivity index (χ2v) is 5.90. The van der Waals surface area contributed by atoms with Gasteiger partial charge in [0.05, 0.1) is 5.92 Å². The Labute approximate surface area is 114 Å². The summed E-state index contributed by atoms with van der Waals surface area (Å²) in [6, 6.07) is 11.5. The number of rotatable bonds is 3. The maximum Gasteiger partial charge on any atom is 0.306 e. The molecular weight excluding hydrogens is 238 g/mol. The van der Waals surface area contributed by atoms with Crippen LogP contribution in [0.3, 0.4) is 0 Å². The lowest BCUT2D eigenvalue weighted by molar-refractivity contribution is -0.146. The van der Waals surface area contributed by atoms with Crippen LogP contribution in [0.1, 0.15) is 37.7 Å². The van der Waals surface area contributed by atoms with Crippen molar-refractivity contribution in [3.05, 3.63) is 35.9 Å². The number of nitrogens with zero attached hydrogens (tertiary/aromatic N) is 1. The number of carbonyl (C=O) groups is 1. The average Bonchev–Trinajstić information content (AvgIpc) is 2.39. The van der Waals surface area contributed by atoms with Gasteiger partial charge in [0.15, 0.2) is 0 Å². The van der Waals surface area contributed by atoms with Gasteiger partial charge in [-0.25, -0.2) is 0 Å². The number of carboxylic acid groups (broad SMARTS) is 1. The molecule has 2 bridgehead atoms. The van der Waals surface area contributed by atoms with Crippen LogP contribution in [0.15, 0.2) is 30.3 Å². The summed E-state index contributed by atoms with van der Waals surface area (Å²) in [6.45, 7) is 0.975. The Kier molecular flexibility index (Phi) is 3.56. The van der Waals surface area contributed by atoms with Crippen LogP contribution >= 0.6 is 0 Å². The Morgan fingerprint density at radius 1 is 1.16 bits per heavy atom. The molecule has 2 saturated heterocycles. The molecule has 1 aromatic rings. The minimum atomic E-state index is -0.601. The Hall–Kier alpha value is -1.35. The quantitative estimate of drug-likeness (QED) is 0.907. The van der Waals surface area contributed by atoms with Crippen LogP contribution < -0.4 is 0 Å². The summed E-state index contributed by atoms with van der Waals surface area (Å²) in [4.78, 5) is 13.8. The minimum absolute atomic E-state index is 0.123. The lowest BCUT2D eigenvalue weighted by atomic mass is 9.78. The highest BCUT2D eigenvalue weighted by Crippen LogP contribution is 2.37. The van der Waals surface area contributed by atoms with Gasteiger partial charge in [0.1, 0.15) is 0 Å². The van der Waals surface area contributed by atoms with Crippen molar-refractivity contribution in [1.29, 1.82) is 0 Å². The molecule has 0 aliphatic carbocycles. The van der Waals surface area contributed by atoms with Crippen molar-refractivity contribution in [3.63, 3.8) is 0 Å². The maximum absolute atomic E-state index is 11.2. The van der Waals surface area contributed by atoms with E-state index in [1.807, 2.05) is 6.07 Å². The summed E-state index contributed by atoms with van der Waals surface area (Å²) < 4.78 is 0. The van der Waals surface area contributed by atoms with Crippen molar-refractivity contribution in [2.24, 2.45) is 5.92 Å². The summed E-state index contributed by atoms with van der Waals surface area (Å²) in [5, 5.41) is 9.25. The molecule has 0 spiro atoms. The molecule has 2 aliphatic rings. The Morgan fingerprint density at radius 3 is 2.37 bits per heavy atom. The molecular formula is C16H21NO2. The molecule has 2 fully saturated rings. The zero-order valence-electron chi connectivity index (χ0n) is 11.2. The fourth-order valence-electron chi connectivity index (χ4n) is 3.73. The summed E-state index contributed by atoms with van der Waals surface area (Å²) in [5.41, 5.74) is 1.34. The third-order valence-corrected chi connectivity index (χ3v) is 4.68. The SMILES string of the molecule is O=C(O)C1C[C@H]2CCC[C@H](C1)N2Cc1ccccc1. The zero-order valence-corrected chi connectivity index (χ0v) is 11.2. The van der Waals surface area contributed by atoms with Crippen LogP contribution in [-0.4, -0.2) is 28.1 Å². The number of hydrogen-bond acceptors (Lipinski definition) is 2. The number of fused-ring (bicyclic) bond motifs is 2. The first-order valence-corrected chi connectivity index (χ1v) is 7.26. The van der Waals surface area contributed by atoms with E-state index in [1.165, 1.54) is 12.0 Å². The maximum atomic E-state index is 11.2. The van der Waals surface area contributed by atoms with Crippen LogP contribution in [-0.2, 0) is 11.3 Å². The molecule has 3 nitrogen and oxygen atoms in total. The van der Waals surface area contributed by atoms with Gasteiger partial charge in [-0.15, -0.1) is 0 Å². The normalized spacial score (nSPS) is 31.1. The Morgan fingerprint density at radius 2 is 1.79 bits per heavy atom. The largest absolute Gasteiger partial charge is 0.481 e. The molecule has 19 heavy (non-hydrogen) atoms. The van der Waals surface area contributed by atoms with Gasteiger partial charge < -0.3 is 5.11 Å². The van der Waals surface area contributed by atoms with E-state index in [0.717, 1.165) is 32.2 Å². The Balaban J connectivity index is 1.74. The van der Waals surface area contributed by atoms with Crippen molar-refractivity contribution >= 4 is 5.97 Å². The van der Waals surface area contributed by atoms with Crippen molar-refractivity contribution in [3.8, 4) is 0 Å². The first-order chi connectivity index (χ1) is 9.24. The topological polar surface area (TPSA) is 40.5 Å². The number of piperidine rings is 2. The van der Waals surface area contributed by atoms with Gasteiger partial charge in [-0.05, 0) is 31.2 Å². The van der Waals surface area contributed by atoms with E-state index in [1.54, 1.807) is 0 Å². The summed E-state index contributed by atoms with van der Waals surface area (Å²) >= 11 is 0. The molecule has 0 radical (unpaired) electrons. The van der Waals surface area contributed by atoms with E-state index < -0.39 is 5.97 Å². The summed E-state index contributed by atoms with van der Waals surface area (Å²) in [6.07, 6.45) is 5.24. The number of carboxylic acids is 1. The van der Waals surface area contributed by atoms with Crippen molar-refractivity contribution in [1.82, 2.24) is 4.90 Å². The molecule has 102 valence electrons. The van der Waals surface area contributed by atoms with Gasteiger partial charge in [0, 0.05) is 18.6 Å². The molecule has 1 aromatic carbocycles.